The minimum absolute atomic E-state index is 0.153. The van der Waals surface area contributed by atoms with E-state index in [0.29, 0.717) is 5.56 Å². The second-order valence-corrected chi connectivity index (χ2v) is 6.19. The normalized spacial score (nSPS) is 16.0. The molecule has 108 valence electrons. The Kier molecular flexibility index (Phi) is 4.02. The van der Waals surface area contributed by atoms with Crippen LogP contribution in [0.25, 0.3) is 11.1 Å². The van der Waals surface area contributed by atoms with E-state index < -0.39 is 0 Å². The third kappa shape index (κ3) is 2.84. The molecule has 0 radical (unpaired) electrons. The number of rotatable bonds is 3. The fourth-order valence-electron chi connectivity index (χ4n) is 2.65. The molecular weight excluding hydrogens is 281 g/mol. The Bertz CT molecular complexity index is 666. The molecule has 0 amide bonds. The van der Waals surface area contributed by atoms with Gasteiger partial charge in [-0.15, -0.1) is 11.8 Å². The van der Waals surface area contributed by atoms with Gasteiger partial charge in [0.2, 0.25) is 0 Å². The van der Waals surface area contributed by atoms with Crippen LogP contribution in [0.15, 0.2) is 59.6 Å². The summed E-state index contributed by atoms with van der Waals surface area (Å²) in [6, 6.07) is 15.3. The molecule has 3 heteroatoms. The van der Waals surface area contributed by atoms with Gasteiger partial charge in [0, 0.05) is 24.2 Å². The average Bonchev–Trinajstić information content (AvgIpc) is 2.93. The lowest BCUT2D eigenvalue weighted by Gasteiger charge is -2.22. The number of allylic oxidation sites excluding steroid dienone is 1. The van der Waals surface area contributed by atoms with Gasteiger partial charge in [0.15, 0.2) is 0 Å². The molecule has 0 spiro atoms. The lowest BCUT2D eigenvalue weighted by molar-refractivity contribution is 0.465. The average molecular weight is 299 g/mol. The minimum Gasteiger partial charge on any atom is -0.367 e. The summed E-state index contributed by atoms with van der Waals surface area (Å²) >= 11 is 1.79. The van der Waals surface area contributed by atoms with Crippen LogP contribution in [0.5, 0.6) is 0 Å². The summed E-state index contributed by atoms with van der Waals surface area (Å²) in [5.74, 6) is 1.04. The highest BCUT2D eigenvalue weighted by Gasteiger charge is 2.20. The van der Waals surface area contributed by atoms with Gasteiger partial charge < -0.3 is 4.90 Å². The van der Waals surface area contributed by atoms with Crippen LogP contribution in [0.4, 0.5) is 4.39 Å². The first-order valence-electron chi connectivity index (χ1n) is 7.04. The zero-order valence-electron chi connectivity index (χ0n) is 12.2. The monoisotopic (exact) mass is 299 g/mol. The molecule has 2 aromatic carbocycles. The number of likely N-dealkylation sites (N-methyl/N-ethyl adjacent to an activating group) is 1. The van der Waals surface area contributed by atoms with Crippen molar-refractivity contribution in [2.75, 3.05) is 12.9 Å². The fourth-order valence-corrected chi connectivity index (χ4v) is 3.66. The van der Waals surface area contributed by atoms with E-state index in [1.165, 1.54) is 5.70 Å². The standard InChI is InChI=1S/C18H18FNS/c1-13(18-11-21-12-20(18)2)15-8-9-16(17(19)10-15)14-6-4-3-5-7-14/h3-11,13H,12H2,1-2H3. The Morgan fingerprint density at radius 1 is 1.14 bits per heavy atom. The van der Waals surface area contributed by atoms with Gasteiger partial charge in [-0.25, -0.2) is 4.39 Å². The first kappa shape index (κ1) is 14.2. The molecule has 1 unspecified atom stereocenters. The lowest BCUT2D eigenvalue weighted by Crippen LogP contribution is -2.16. The summed E-state index contributed by atoms with van der Waals surface area (Å²) in [4.78, 5) is 2.22. The molecule has 0 aliphatic carbocycles. The molecule has 1 aliphatic heterocycles. The second-order valence-electron chi connectivity index (χ2n) is 5.36. The predicted molar refractivity (Wildman–Crippen MR) is 88.6 cm³/mol. The molecule has 0 fully saturated rings. The van der Waals surface area contributed by atoms with Gasteiger partial charge >= 0.3 is 0 Å². The first-order valence-corrected chi connectivity index (χ1v) is 8.09. The van der Waals surface area contributed by atoms with Gasteiger partial charge in [-0.3, -0.25) is 0 Å². The first-order chi connectivity index (χ1) is 10.2. The van der Waals surface area contributed by atoms with Crippen molar-refractivity contribution in [1.29, 1.82) is 0 Å². The van der Waals surface area contributed by atoms with Gasteiger partial charge in [-0.1, -0.05) is 49.4 Å². The highest BCUT2D eigenvalue weighted by molar-refractivity contribution is 8.02. The highest BCUT2D eigenvalue weighted by atomic mass is 32.2. The molecule has 21 heavy (non-hydrogen) atoms. The van der Waals surface area contributed by atoms with E-state index in [4.69, 9.17) is 0 Å². The maximum absolute atomic E-state index is 14.4. The van der Waals surface area contributed by atoms with E-state index in [1.807, 2.05) is 42.5 Å². The Hall–Kier alpha value is -1.74. The molecule has 1 aliphatic rings. The molecule has 1 atom stereocenters. The molecule has 1 heterocycles. The van der Waals surface area contributed by atoms with Crippen molar-refractivity contribution in [2.24, 2.45) is 0 Å². The smallest absolute Gasteiger partial charge is 0.131 e. The molecule has 2 aromatic rings. The third-order valence-corrected chi connectivity index (χ3v) is 4.88. The number of hydrogen-bond acceptors (Lipinski definition) is 2. The van der Waals surface area contributed by atoms with Crippen molar-refractivity contribution in [3.05, 3.63) is 71.0 Å². The van der Waals surface area contributed by atoms with Gasteiger partial charge in [-0.2, -0.15) is 0 Å². The number of halogens is 1. The van der Waals surface area contributed by atoms with E-state index in [-0.39, 0.29) is 11.7 Å². The SMILES string of the molecule is CC(C1=CSCN1C)c1ccc(-c2ccccc2)c(F)c1. The third-order valence-electron chi connectivity index (χ3n) is 3.93. The topological polar surface area (TPSA) is 3.24 Å². The lowest BCUT2D eigenvalue weighted by atomic mass is 9.95. The molecular formula is C18H18FNS. The van der Waals surface area contributed by atoms with Gasteiger partial charge in [0.05, 0.1) is 5.88 Å². The number of hydrogen-bond donors (Lipinski definition) is 0. The molecule has 0 N–H and O–H groups in total. The number of benzene rings is 2. The number of thioether (sulfide) groups is 1. The van der Waals surface area contributed by atoms with E-state index in [0.717, 1.165) is 17.0 Å². The molecule has 0 saturated carbocycles. The van der Waals surface area contributed by atoms with Gasteiger partial charge in [0.25, 0.3) is 0 Å². The zero-order chi connectivity index (χ0) is 14.8. The van der Waals surface area contributed by atoms with Crippen LogP contribution < -0.4 is 0 Å². The van der Waals surface area contributed by atoms with Gasteiger partial charge in [0.1, 0.15) is 5.82 Å². The van der Waals surface area contributed by atoms with Crippen molar-refractivity contribution in [3.63, 3.8) is 0 Å². The predicted octanol–water partition coefficient (Wildman–Crippen LogP) is 5.07. The maximum Gasteiger partial charge on any atom is 0.131 e. The molecule has 0 saturated heterocycles. The van der Waals surface area contributed by atoms with Crippen molar-refractivity contribution in [2.45, 2.75) is 12.8 Å². The summed E-state index contributed by atoms with van der Waals surface area (Å²) in [7, 11) is 2.08. The molecule has 1 nitrogen and oxygen atoms in total. The molecule has 0 bridgehead atoms. The van der Waals surface area contributed by atoms with E-state index in [9.17, 15) is 4.39 Å². The summed E-state index contributed by atoms with van der Waals surface area (Å²) in [5.41, 5.74) is 3.86. The second kappa shape index (κ2) is 5.94. The van der Waals surface area contributed by atoms with Crippen molar-refractivity contribution < 1.29 is 4.39 Å². The van der Waals surface area contributed by atoms with Crippen molar-refractivity contribution in [3.8, 4) is 11.1 Å². The van der Waals surface area contributed by atoms with E-state index in [2.05, 4.69) is 24.3 Å². The Morgan fingerprint density at radius 3 is 2.52 bits per heavy atom. The van der Waals surface area contributed by atoms with Crippen molar-refractivity contribution >= 4 is 11.8 Å². The van der Waals surface area contributed by atoms with Crippen LogP contribution in [0, 0.1) is 5.82 Å². The summed E-state index contributed by atoms with van der Waals surface area (Å²) in [5, 5.41) is 2.17. The summed E-state index contributed by atoms with van der Waals surface area (Å²) in [6.45, 7) is 2.13. The summed E-state index contributed by atoms with van der Waals surface area (Å²) in [6.07, 6.45) is 0. The van der Waals surface area contributed by atoms with Crippen LogP contribution in [0.2, 0.25) is 0 Å². The number of nitrogens with zero attached hydrogens (tertiary/aromatic N) is 1. The van der Waals surface area contributed by atoms with Crippen LogP contribution in [-0.2, 0) is 0 Å². The van der Waals surface area contributed by atoms with E-state index >= 15 is 0 Å². The Morgan fingerprint density at radius 2 is 1.90 bits per heavy atom. The Balaban J connectivity index is 1.91. The Labute approximate surface area is 129 Å². The quantitative estimate of drug-likeness (QED) is 0.778. The van der Waals surface area contributed by atoms with Crippen molar-refractivity contribution in [1.82, 2.24) is 4.90 Å². The summed E-state index contributed by atoms with van der Waals surface area (Å²) < 4.78 is 14.4. The fraction of sp³-hybridized carbons (Fsp3) is 0.222. The zero-order valence-corrected chi connectivity index (χ0v) is 13.0. The van der Waals surface area contributed by atoms with Gasteiger partial charge in [-0.05, 0) is 22.6 Å². The largest absolute Gasteiger partial charge is 0.367 e. The molecule has 3 rings (SSSR count). The van der Waals surface area contributed by atoms with Crippen LogP contribution in [0.3, 0.4) is 0 Å². The van der Waals surface area contributed by atoms with Crippen LogP contribution >= 0.6 is 11.8 Å². The molecule has 0 aromatic heterocycles. The highest BCUT2D eigenvalue weighted by Crippen LogP contribution is 2.34. The maximum atomic E-state index is 14.4. The minimum atomic E-state index is -0.153. The van der Waals surface area contributed by atoms with E-state index in [1.54, 1.807) is 17.8 Å². The van der Waals surface area contributed by atoms with Crippen LogP contribution in [0.1, 0.15) is 18.4 Å². The van der Waals surface area contributed by atoms with Crippen LogP contribution in [-0.4, -0.2) is 17.8 Å².